The lowest BCUT2D eigenvalue weighted by Crippen LogP contribution is -1.88. The molecule has 5 heteroatoms. The molecule has 5 heterocycles. The number of nitrogens with one attached hydrogen (secondary N) is 2. The Bertz CT molecular complexity index is 1760. The highest BCUT2D eigenvalue weighted by Gasteiger charge is 2.19. The molecular formula is C34H36N4O. The number of hydrogen-bond acceptors (Lipinski definition) is 3. The molecule has 0 aromatic carbocycles. The van der Waals surface area contributed by atoms with E-state index in [2.05, 4.69) is 82.0 Å². The van der Waals surface area contributed by atoms with Gasteiger partial charge in [0.1, 0.15) is 6.29 Å². The minimum Gasteiger partial charge on any atom is -0.355 e. The second-order valence-corrected chi connectivity index (χ2v) is 10.4. The zero-order valence-corrected chi connectivity index (χ0v) is 23.6. The van der Waals surface area contributed by atoms with Gasteiger partial charge in [-0.2, -0.15) is 0 Å². The normalized spacial score (nSPS) is 13.3. The first kappa shape index (κ1) is 26.4. The summed E-state index contributed by atoms with van der Waals surface area (Å²) in [6.45, 7) is 18.8. The summed E-state index contributed by atoms with van der Waals surface area (Å²) in [5, 5.41) is 0. The van der Waals surface area contributed by atoms with Crippen LogP contribution in [0.2, 0.25) is 0 Å². The van der Waals surface area contributed by atoms with Crippen molar-refractivity contribution in [2.24, 2.45) is 0 Å². The van der Waals surface area contributed by atoms with E-state index in [9.17, 15) is 4.79 Å². The number of aromatic amines is 2. The Morgan fingerprint density at radius 2 is 1.36 bits per heavy atom. The molecule has 5 rings (SSSR count). The van der Waals surface area contributed by atoms with Gasteiger partial charge >= 0.3 is 0 Å². The van der Waals surface area contributed by atoms with E-state index in [0.717, 1.165) is 97.4 Å². The molecule has 2 aliphatic rings. The molecule has 5 nitrogen and oxygen atoms in total. The molecule has 0 spiro atoms. The number of aldehydes is 1. The predicted octanol–water partition coefficient (Wildman–Crippen LogP) is 8.55. The van der Waals surface area contributed by atoms with Crippen LogP contribution in [-0.4, -0.2) is 26.2 Å². The third kappa shape index (κ3) is 4.52. The molecule has 0 aliphatic carbocycles. The Kier molecular flexibility index (Phi) is 7.09. The third-order valence-electron chi connectivity index (χ3n) is 8.06. The maximum Gasteiger partial charge on any atom is 0.120 e. The quantitative estimate of drug-likeness (QED) is 0.309. The van der Waals surface area contributed by atoms with Gasteiger partial charge in [0.2, 0.25) is 0 Å². The first-order valence-electron chi connectivity index (χ1n) is 13.7. The number of hydrogen-bond donors (Lipinski definition) is 2. The van der Waals surface area contributed by atoms with Gasteiger partial charge in [0.15, 0.2) is 0 Å². The van der Waals surface area contributed by atoms with Gasteiger partial charge in [0, 0.05) is 39.6 Å². The molecule has 2 N–H and O–H groups in total. The summed E-state index contributed by atoms with van der Waals surface area (Å²) in [5.74, 6) is 0. The van der Waals surface area contributed by atoms with Gasteiger partial charge in [-0.05, 0) is 98.2 Å². The molecule has 3 aromatic heterocycles. The van der Waals surface area contributed by atoms with Gasteiger partial charge in [-0.3, -0.25) is 0 Å². The van der Waals surface area contributed by atoms with Crippen molar-refractivity contribution in [2.45, 2.75) is 60.3 Å². The molecule has 0 fully saturated rings. The predicted molar refractivity (Wildman–Crippen MR) is 165 cm³/mol. The number of fused-ring (bicyclic) bond motifs is 8. The van der Waals surface area contributed by atoms with Crippen LogP contribution in [0.3, 0.4) is 0 Å². The minimum absolute atomic E-state index is 0.472. The van der Waals surface area contributed by atoms with Gasteiger partial charge < -0.3 is 14.8 Å². The fraction of sp³-hybridized carbons (Fsp3) is 0.265. The zero-order valence-electron chi connectivity index (χ0n) is 23.6. The van der Waals surface area contributed by atoms with Crippen LogP contribution < -0.4 is 0 Å². The number of rotatable bonds is 7. The molecule has 39 heavy (non-hydrogen) atoms. The number of aryl methyl sites for hydroxylation is 3. The number of nitrogens with zero attached hydrogens (tertiary/aromatic N) is 2. The van der Waals surface area contributed by atoms with Crippen LogP contribution in [0.4, 0.5) is 0 Å². The van der Waals surface area contributed by atoms with Crippen molar-refractivity contribution in [3.8, 4) is 0 Å². The highest BCUT2D eigenvalue weighted by atomic mass is 16.1. The van der Waals surface area contributed by atoms with E-state index in [1.165, 1.54) is 11.1 Å². The van der Waals surface area contributed by atoms with E-state index in [1.54, 1.807) is 0 Å². The average Bonchev–Trinajstić information content (AvgIpc) is 3.57. The standard InChI is InChI=1S/C34H36N4O/c1-8-12-25-21(6)30-17-32-24(10-3)20(5)29(36-32)16-31-23(9-2)19(4)27(35-31)15-28-22(7)26(13-11-14-39)34(37-28)18-33(25)38-30/h9-10,14-18,36-37H,2-3,8,11-13H2,1,4-7H3. The Morgan fingerprint density at radius 3 is 2.05 bits per heavy atom. The van der Waals surface area contributed by atoms with Crippen LogP contribution in [0.5, 0.6) is 0 Å². The van der Waals surface area contributed by atoms with Crippen molar-refractivity contribution in [1.29, 1.82) is 0 Å². The average molecular weight is 517 g/mol. The van der Waals surface area contributed by atoms with Crippen LogP contribution in [-0.2, 0) is 11.2 Å². The van der Waals surface area contributed by atoms with E-state index in [1.807, 2.05) is 12.2 Å². The van der Waals surface area contributed by atoms with Crippen molar-refractivity contribution in [1.82, 2.24) is 19.9 Å². The third-order valence-corrected chi connectivity index (χ3v) is 8.06. The first-order chi connectivity index (χ1) is 18.8. The molecular weight excluding hydrogens is 480 g/mol. The largest absolute Gasteiger partial charge is 0.355 e. The van der Waals surface area contributed by atoms with Crippen LogP contribution in [0, 0.1) is 13.8 Å². The van der Waals surface area contributed by atoms with Crippen molar-refractivity contribution in [3.05, 3.63) is 88.5 Å². The number of carbonyl (C=O) groups is 1. The highest BCUT2D eigenvalue weighted by Crippen LogP contribution is 2.36. The minimum atomic E-state index is 0.472. The SMILES string of the molecule is C=CC1=C(C)c2cc3[nH]c(cc4nc(cc5[nH]c(cc1n2)c(C)c5C=C)C(C)=C4CCC)c(CCC=O)c3C. The summed E-state index contributed by atoms with van der Waals surface area (Å²) < 4.78 is 0. The van der Waals surface area contributed by atoms with Crippen LogP contribution in [0.15, 0.2) is 43.5 Å². The van der Waals surface area contributed by atoms with E-state index in [0.29, 0.717) is 12.8 Å². The van der Waals surface area contributed by atoms with Gasteiger partial charge in [0.25, 0.3) is 0 Å². The molecule has 0 unspecified atom stereocenters. The first-order valence-corrected chi connectivity index (χ1v) is 13.7. The van der Waals surface area contributed by atoms with Gasteiger partial charge in [0.05, 0.1) is 22.8 Å². The lowest BCUT2D eigenvalue weighted by atomic mass is 10.0. The fourth-order valence-electron chi connectivity index (χ4n) is 5.76. The molecule has 0 atom stereocenters. The maximum atomic E-state index is 11.3. The monoisotopic (exact) mass is 516 g/mol. The Labute approximate surface area is 230 Å². The molecule has 0 radical (unpaired) electrons. The molecule has 3 aromatic rings. The maximum absolute atomic E-state index is 11.3. The molecule has 0 amide bonds. The Hall–Kier alpha value is -4.25. The van der Waals surface area contributed by atoms with Crippen molar-refractivity contribution >= 4 is 56.7 Å². The number of H-pyrrole nitrogens is 2. The van der Waals surface area contributed by atoms with E-state index >= 15 is 0 Å². The summed E-state index contributed by atoms with van der Waals surface area (Å²) in [5.41, 5.74) is 16.7. The van der Waals surface area contributed by atoms with E-state index < -0.39 is 0 Å². The molecule has 2 aliphatic heterocycles. The van der Waals surface area contributed by atoms with Crippen molar-refractivity contribution in [3.63, 3.8) is 0 Å². The molecule has 0 saturated heterocycles. The van der Waals surface area contributed by atoms with Gasteiger partial charge in [-0.15, -0.1) is 0 Å². The Morgan fingerprint density at radius 1 is 0.744 bits per heavy atom. The van der Waals surface area contributed by atoms with Crippen molar-refractivity contribution < 1.29 is 4.79 Å². The summed E-state index contributed by atoms with van der Waals surface area (Å²) in [6.07, 6.45) is 7.89. The summed E-state index contributed by atoms with van der Waals surface area (Å²) in [7, 11) is 0. The molecule has 0 saturated carbocycles. The lowest BCUT2D eigenvalue weighted by Gasteiger charge is -2.02. The summed E-state index contributed by atoms with van der Waals surface area (Å²) in [6, 6.07) is 8.50. The lowest BCUT2D eigenvalue weighted by molar-refractivity contribution is -0.107. The topological polar surface area (TPSA) is 74.4 Å². The van der Waals surface area contributed by atoms with E-state index in [-0.39, 0.29) is 0 Å². The fourth-order valence-corrected chi connectivity index (χ4v) is 5.76. The van der Waals surface area contributed by atoms with Gasteiger partial charge in [-0.25, -0.2) is 9.97 Å². The number of aromatic nitrogens is 4. The second kappa shape index (κ2) is 10.5. The second-order valence-electron chi connectivity index (χ2n) is 10.4. The number of carbonyl (C=O) groups excluding carboxylic acids is 1. The molecule has 198 valence electrons. The van der Waals surface area contributed by atoms with Gasteiger partial charge in [-0.1, -0.05) is 38.7 Å². The van der Waals surface area contributed by atoms with E-state index in [4.69, 9.17) is 9.97 Å². The van der Waals surface area contributed by atoms with Crippen LogP contribution in [0.1, 0.15) is 85.1 Å². The number of allylic oxidation sites excluding steroid dienone is 5. The molecule has 8 bridgehead atoms. The van der Waals surface area contributed by atoms with Crippen LogP contribution in [0.25, 0.3) is 50.4 Å². The highest BCUT2D eigenvalue weighted by molar-refractivity contribution is 5.98. The summed E-state index contributed by atoms with van der Waals surface area (Å²) >= 11 is 0. The van der Waals surface area contributed by atoms with Crippen molar-refractivity contribution in [2.75, 3.05) is 0 Å². The summed E-state index contributed by atoms with van der Waals surface area (Å²) in [4.78, 5) is 28.8. The Balaban J connectivity index is 1.98. The van der Waals surface area contributed by atoms with Crippen LogP contribution >= 0.6 is 0 Å². The zero-order chi connectivity index (χ0) is 27.8. The smallest absolute Gasteiger partial charge is 0.120 e.